The molecule has 0 aliphatic heterocycles. The minimum Gasteiger partial charge on any atom is -0.335 e. The predicted octanol–water partition coefficient (Wildman–Crippen LogP) is 3.06. The monoisotopic (exact) mass is 182 g/mol. The molecule has 0 saturated carbocycles. The van der Waals surface area contributed by atoms with Crippen molar-refractivity contribution in [2.45, 2.75) is 40.0 Å². The van der Waals surface area contributed by atoms with Gasteiger partial charge in [0.1, 0.15) is 5.84 Å². The third-order valence-corrected chi connectivity index (χ3v) is 2.12. The van der Waals surface area contributed by atoms with Gasteiger partial charge in [0.15, 0.2) is 0 Å². The number of aliphatic imine (C=N–C) groups is 1. The summed E-state index contributed by atoms with van der Waals surface area (Å²) in [6, 6.07) is 0. The van der Waals surface area contributed by atoms with E-state index in [4.69, 9.17) is 0 Å². The van der Waals surface area contributed by atoms with Crippen LogP contribution in [0.2, 0.25) is 0 Å². The molecule has 0 rings (SSSR count). The number of amidine groups is 1. The van der Waals surface area contributed by atoms with E-state index in [2.05, 4.69) is 37.2 Å². The van der Waals surface area contributed by atoms with Gasteiger partial charge in [-0.25, -0.2) is 0 Å². The van der Waals surface area contributed by atoms with Gasteiger partial charge in [0.2, 0.25) is 0 Å². The third-order valence-electron chi connectivity index (χ3n) is 2.12. The van der Waals surface area contributed by atoms with Crippen LogP contribution in [0.3, 0.4) is 0 Å². The van der Waals surface area contributed by atoms with Crippen LogP contribution in [0.15, 0.2) is 17.3 Å². The number of nitrogens with zero attached hydrogens (tertiary/aromatic N) is 2. The van der Waals surface area contributed by atoms with Crippen LogP contribution in [0.4, 0.5) is 0 Å². The molecular formula is C11H22N2. The molecule has 0 aliphatic carbocycles. The fourth-order valence-corrected chi connectivity index (χ4v) is 1.35. The lowest BCUT2D eigenvalue weighted by Gasteiger charge is -2.26. The summed E-state index contributed by atoms with van der Waals surface area (Å²) in [4.78, 5) is 6.51. The highest BCUT2D eigenvalue weighted by Gasteiger charge is 2.09. The van der Waals surface area contributed by atoms with E-state index in [-0.39, 0.29) is 0 Å². The number of allylic oxidation sites excluding steroid dienone is 1. The van der Waals surface area contributed by atoms with E-state index >= 15 is 0 Å². The van der Waals surface area contributed by atoms with Crippen LogP contribution in [-0.4, -0.2) is 24.3 Å². The highest BCUT2D eigenvalue weighted by atomic mass is 15.2. The van der Waals surface area contributed by atoms with E-state index in [0.29, 0.717) is 0 Å². The summed E-state index contributed by atoms with van der Waals surface area (Å²) in [7, 11) is 1.85. The molecule has 0 amide bonds. The molecule has 0 aliphatic rings. The second kappa shape index (κ2) is 6.70. The van der Waals surface area contributed by atoms with Gasteiger partial charge in [-0.05, 0) is 12.8 Å². The summed E-state index contributed by atoms with van der Waals surface area (Å²) in [6.45, 7) is 11.5. The zero-order chi connectivity index (χ0) is 10.3. The number of hydrogen-bond acceptors (Lipinski definition) is 1. The van der Waals surface area contributed by atoms with Gasteiger partial charge >= 0.3 is 0 Å². The Morgan fingerprint density at radius 3 is 2.15 bits per heavy atom. The molecule has 76 valence electrons. The lowest BCUT2D eigenvalue weighted by atomic mass is 10.2. The first-order valence-corrected chi connectivity index (χ1v) is 5.12. The van der Waals surface area contributed by atoms with Crippen molar-refractivity contribution in [3.8, 4) is 0 Å². The molecule has 13 heavy (non-hydrogen) atoms. The predicted molar refractivity (Wildman–Crippen MR) is 60.1 cm³/mol. The summed E-state index contributed by atoms with van der Waals surface area (Å²) in [6.07, 6.45) is 3.12. The molecular weight excluding hydrogens is 160 g/mol. The van der Waals surface area contributed by atoms with Gasteiger partial charge in [-0.3, -0.25) is 4.99 Å². The van der Waals surface area contributed by atoms with Crippen LogP contribution >= 0.6 is 0 Å². The average molecular weight is 182 g/mol. The first kappa shape index (κ1) is 12.2. The maximum Gasteiger partial charge on any atom is 0.102 e. The van der Waals surface area contributed by atoms with Crippen LogP contribution in [-0.2, 0) is 0 Å². The molecule has 0 saturated heterocycles. The van der Waals surface area contributed by atoms with E-state index in [9.17, 15) is 0 Å². The normalized spacial score (nSPS) is 11.5. The summed E-state index contributed by atoms with van der Waals surface area (Å²) in [5, 5.41) is 0. The van der Waals surface area contributed by atoms with Crippen molar-refractivity contribution < 1.29 is 0 Å². The van der Waals surface area contributed by atoms with Crippen LogP contribution in [0, 0.1) is 0 Å². The quantitative estimate of drug-likeness (QED) is 0.471. The van der Waals surface area contributed by atoms with Gasteiger partial charge in [-0.2, -0.15) is 0 Å². The van der Waals surface area contributed by atoms with Crippen LogP contribution in [0.1, 0.15) is 40.0 Å². The molecule has 2 nitrogen and oxygen atoms in total. The molecule has 0 aromatic rings. The van der Waals surface area contributed by atoms with Crippen LogP contribution in [0.5, 0.6) is 0 Å². The first-order chi connectivity index (χ1) is 6.21. The Kier molecular flexibility index (Phi) is 6.29. The highest BCUT2D eigenvalue weighted by molar-refractivity contribution is 5.83. The maximum absolute atomic E-state index is 4.28. The summed E-state index contributed by atoms with van der Waals surface area (Å²) < 4.78 is 0. The third kappa shape index (κ3) is 3.62. The topological polar surface area (TPSA) is 15.6 Å². The molecule has 0 spiro atoms. The van der Waals surface area contributed by atoms with Crippen molar-refractivity contribution >= 4 is 5.84 Å². The molecule has 0 atom stereocenters. The minimum absolute atomic E-state index is 0.982. The lowest BCUT2D eigenvalue weighted by molar-refractivity contribution is 0.485. The molecule has 0 aromatic carbocycles. The Balaban J connectivity index is 4.48. The van der Waals surface area contributed by atoms with Crippen molar-refractivity contribution in [1.29, 1.82) is 0 Å². The van der Waals surface area contributed by atoms with E-state index < -0.39 is 0 Å². The van der Waals surface area contributed by atoms with E-state index in [0.717, 1.165) is 31.6 Å². The van der Waals surface area contributed by atoms with Crippen LogP contribution < -0.4 is 0 Å². The molecule has 0 bridgehead atoms. The zero-order valence-corrected chi connectivity index (χ0v) is 9.43. The Morgan fingerprint density at radius 1 is 1.23 bits per heavy atom. The Bertz CT molecular complexity index is 183. The maximum atomic E-state index is 4.28. The van der Waals surface area contributed by atoms with Crippen molar-refractivity contribution in [2.75, 3.05) is 13.6 Å². The van der Waals surface area contributed by atoms with Gasteiger partial charge < -0.3 is 4.90 Å². The molecule has 0 radical (unpaired) electrons. The summed E-state index contributed by atoms with van der Waals surface area (Å²) >= 11 is 0. The molecule has 0 heterocycles. The standard InChI is InChI=1S/C11H22N2/c1-6-9-13(10(4)7-2)11(8-3)12-5/h4,6-9H2,1-3,5H3. The Labute approximate surface area is 82.4 Å². The first-order valence-electron chi connectivity index (χ1n) is 5.12. The second-order valence-corrected chi connectivity index (χ2v) is 3.06. The molecule has 0 fully saturated rings. The van der Waals surface area contributed by atoms with Crippen molar-refractivity contribution in [2.24, 2.45) is 4.99 Å². The van der Waals surface area contributed by atoms with Crippen molar-refractivity contribution in [1.82, 2.24) is 4.90 Å². The molecule has 0 N–H and O–H groups in total. The Hall–Kier alpha value is -0.790. The van der Waals surface area contributed by atoms with E-state index in [1.54, 1.807) is 0 Å². The SMILES string of the molecule is C=C(CC)N(CCC)C(CC)=NC. The second-order valence-electron chi connectivity index (χ2n) is 3.06. The molecule has 0 aromatic heterocycles. The smallest absolute Gasteiger partial charge is 0.102 e. The van der Waals surface area contributed by atoms with Crippen molar-refractivity contribution in [3.63, 3.8) is 0 Å². The molecule has 2 heteroatoms. The number of rotatable bonds is 5. The average Bonchev–Trinajstić information content (AvgIpc) is 2.17. The highest BCUT2D eigenvalue weighted by Crippen LogP contribution is 2.10. The van der Waals surface area contributed by atoms with E-state index in [1.165, 1.54) is 5.70 Å². The number of hydrogen-bond donors (Lipinski definition) is 0. The minimum atomic E-state index is 0.982. The zero-order valence-electron chi connectivity index (χ0n) is 9.43. The van der Waals surface area contributed by atoms with Gasteiger partial charge in [-0.15, -0.1) is 0 Å². The van der Waals surface area contributed by atoms with E-state index in [1.807, 2.05) is 7.05 Å². The van der Waals surface area contributed by atoms with Gasteiger partial charge in [-0.1, -0.05) is 27.4 Å². The van der Waals surface area contributed by atoms with Gasteiger partial charge in [0.25, 0.3) is 0 Å². The summed E-state index contributed by atoms with van der Waals surface area (Å²) in [5.74, 6) is 1.15. The fourth-order valence-electron chi connectivity index (χ4n) is 1.35. The summed E-state index contributed by atoms with van der Waals surface area (Å²) in [5.41, 5.74) is 1.17. The lowest BCUT2D eigenvalue weighted by Crippen LogP contribution is -2.30. The van der Waals surface area contributed by atoms with Crippen LogP contribution in [0.25, 0.3) is 0 Å². The Morgan fingerprint density at radius 2 is 1.85 bits per heavy atom. The van der Waals surface area contributed by atoms with Gasteiger partial charge in [0.05, 0.1) is 0 Å². The largest absolute Gasteiger partial charge is 0.335 e. The van der Waals surface area contributed by atoms with Crippen molar-refractivity contribution in [3.05, 3.63) is 12.3 Å². The van der Waals surface area contributed by atoms with Gasteiger partial charge in [0, 0.05) is 25.7 Å². The molecule has 0 unspecified atom stereocenters. The fraction of sp³-hybridized carbons (Fsp3) is 0.727.